The zero-order chi connectivity index (χ0) is 14.0. The van der Waals surface area contributed by atoms with Gasteiger partial charge in [-0.1, -0.05) is 53.9 Å². The van der Waals surface area contributed by atoms with Gasteiger partial charge in [0.15, 0.2) is 0 Å². The lowest BCUT2D eigenvalue weighted by atomic mass is 9.87. The molecular weight excluding hydrogens is 224 g/mol. The fourth-order valence-electron chi connectivity index (χ4n) is 2.27. The molecule has 0 N–H and O–H groups in total. The van der Waals surface area contributed by atoms with E-state index in [1.165, 1.54) is 25.7 Å². The van der Waals surface area contributed by atoms with Crippen LogP contribution in [-0.4, -0.2) is 12.6 Å². The minimum absolute atomic E-state index is 0.0199. The van der Waals surface area contributed by atoms with Gasteiger partial charge in [-0.2, -0.15) is 0 Å². The van der Waals surface area contributed by atoms with Crippen molar-refractivity contribution in [3.8, 4) is 0 Å². The molecule has 0 aliphatic heterocycles. The van der Waals surface area contributed by atoms with E-state index in [1.54, 1.807) is 0 Å². The molecule has 0 aromatic heterocycles. The highest BCUT2D eigenvalue weighted by Gasteiger charge is 2.18. The second kappa shape index (κ2) is 10.4. The van der Waals surface area contributed by atoms with Crippen molar-refractivity contribution in [3.63, 3.8) is 0 Å². The number of esters is 1. The molecule has 2 unspecified atom stereocenters. The Morgan fingerprint density at radius 1 is 1.00 bits per heavy atom. The lowest BCUT2D eigenvalue weighted by molar-refractivity contribution is -0.146. The molecule has 0 radical (unpaired) electrons. The second-order valence-electron chi connectivity index (χ2n) is 5.93. The van der Waals surface area contributed by atoms with Crippen LogP contribution in [0, 0.1) is 17.8 Å². The molecule has 0 aromatic rings. The van der Waals surface area contributed by atoms with E-state index in [9.17, 15) is 4.79 Å². The lowest BCUT2D eigenvalue weighted by Gasteiger charge is -2.23. The average molecular weight is 256 g/mol. The third kappa shape index (κ3) is 8.54. The molecule has 0 fully saturated rings. The maximum absolute atomic E-state index is 11.6. The van der Waals surface area contributed by atoms with Crippen LogP contribution in [0.4, 0.5) is 0 Å². The standard InChI is InChI=1S/C16H32O2/c1-6-8-14(5)15(9-7-2)12-18-16(17)11-10-13(3)4/h13-15H,6-12H2,1-5H3. The van der Waals surface area contributed by atoms with Gasteiger partial charge in [-0.15, -0.1) is 0 Å². The van der Waals surface area contributed by atoms with E-state index < -0.39 is 0 Å². The Morgan fingerprint density at radius 2 is 1.61 bits per heavy atom. The van der Waals surface area contributed by atoms with E-state index in [1.807, 2.05) is 0 Å². The van der Waals surface area contributed by atoms with E-state index >= 15 is 0 Å². The van der Waals surface area contributed by atoms with Gasteiger partial charge in [0.05, 0.1) is 6.61 Å². The molecule has 0 spiro atoms. The maximum atomic E-state index is 11.6. The molecule has 0 aliphatic carbocycles. The molecule has 0 saturated heterocycles. The van der Waals surface area contributed by atoms with Crippen LogP contribution in [0.1, 0.15) is 73.1 Å². The highest BCUT2D eigenvalue weighted by Crippen LogP contribution is 2.22. The molecule has 0 heterocycles. The van der Waals surface area contributed by atoms with Gasteiger partial charge in [0.25, 0.3) is 0 Å². The van der Waals surface area contributed by atoms with E-state index in [0.717, 1.165) is 6.42 Å². The first kappa shape index (κ1) is 17.5. The minimum atomic E-state index is -0.0199. The molecule has 0 aromatic carbocycles. The van der Waals surface area contributed by atoms with Crippen molar-refractivity contribution in [3.05, 3.63) is 0 Å². The first-order valence-electron chi connectivity index (χ1n) is 7.66. The van der Waals surface area contributed by atoms with Crippen LogP contribution in [0.5, 0.6) is 0 Å². The summed E-state index contributed by atoms with van der Waals surface area (Å²) in [5.74, 6) is 1.75. The number of ether oxygens (including phenoxy) is 1. The SMILES string of the molecule is CCCC(C)C(CCC)COC(=O)CCC(C)C. The van der Waals surface area contributed by atoms with Gasteiger partial charge in [-0.05, 0) is 30.6 Å². The van der Waals surface area contributed by atoms with Crippen molar-refractivity contribution in [1.29, 1.82) is 0 Å². The molecule has 18 heavy (non-hydrogen) atoms. The van der Waals surface area contributed by atoms with Crippen molar-refractivity contribution in [2.45, 2.75) is 73.1 Å². The van der Waals surface area contributed by atoms with E-state index in [-0.39, 0.29) is 5.97 Å². The Kier molecular flexibility index (Phi) is 10.1. The molecule has 0 rings (SSSR count). The van der Waals surface area contributed by atoms with Crippen molar-refractivity contribution >= 4 is 5.97 Å². The summed E-state index contributed by atoms with van der Waals surface area (Å²) in [7, 11) is 0. The quantitative estimate of drug-likeness (QED) is 0.524. The summed E-state index contributed by atoms with van der Waals surface area (Å²) in [5, 5.41) is 0. The highest BCUT2D eigenvalue weighted by molar-refractivity contribution is 5.69. The van der Waals surface area contributed by atoms with Gasteiger partial charge in [0.1, 0.15) is 0 Å². The van der Waals surface area contributed by atoms with Gasteiger partial charge in [-0.25, -0.2) is 0 Å². The summed E-state index contributed by atoms with van der Waals surface area (Å²) in [6, 6.07) is 0. The largest absolute Gasteiger partial charge is 0.465 e. The third-order valence-electron chi connectivity index (χ3n) is 3.59. The van der Waals surface area contributed by atoms with Crippen LogP contribution in [0.2, 0.25) is 0 Å². The van der Waals surface area contributed by atoms with Crippen LogP contribution in [0.3, 0.4) is 0 Å². The molecular formula is C16H32O2. The topological polar surface area (TPSA) is 26.3 Å². The third-order valence-corrected chi connectivity index (χ3v) is 3.59. The summed E-state index contributed by atoms with van der Waals surface area (Å²) in [5.41, 5.74) is 0. The first-order chi connectivity index (χ1) is 8.51. The number of hydrogen-bond acceptors (Lipinski definition) is 2. The number of carbonyl (C=O) groups excluding carboxylic acids is 1. The van der Waals surface area contributed by atoms with Crippen molar-refractivity contribution in [2.75, 3.05) is 6.61 Å². The number of rotatable bonds is 10. The predicted molar refractivity (Wildman–Crippen MR) is 77.5 cm³/mol. The summed E-state index contributed by atoms with van der Waals surface area (Å²) >= 11 is 0. The number of hydrogen-bond donors (Lipinski definition) is 0. The van der Waals surface area contributed by atoms with Crippen molar-refractivity contribution in [1.82, 2.24) is 0 Å². The van der Waals surface area contributed by atoms with E-state index in [4.69, 9.17) is 4.74 Å². The maximum Gasteiger partial charge on any atom is 0.305 e. The van der Waals surface area contributed by atoms with Gasteiger partial charge < -0.3 is 4.74 Å². The molecule has 2 heteroatoms. The fraction of sp³-hybridized carbons (Fsp3) is 0.938. The number of carbonyl (C=O) groups is 1. The van der Waals surface area contributed by atoms with Gasteiger partial charge in [0, 0.05) is 6.42 Å². The molecule has 0 bridgehead atoms. The van der Waals surface area contributed by atoms with Gasteiger partial charge in [-0.3, -0.25) is 4.79 Å². The van der Waals surface area contributed by atoms with E-state index in [2.05, 4.69) is 34.6 Å². The molecule has 0 saturated carbocycles. The first-order valence-corrected chi connectivity index (χ1v) is 7.66. The molecule has 0 amide bonds. The normalized spacial score (nSPS) is 14.6. The summed E-state index contributed by atoms with van der Waals surface area (Å²) < 4.78 is 5.44. The minimum Gasteiger partial charge on any atom is -0.465 e. The predicted octanol–water partition coefficient (Wildman–Crippen LogP) is 4.82. The second-order valence-corrected chi connectivity index (χ2v) is 5.93. The van der Waals surface area contributed by atoms with Crippen LogP contribution in [0.15, 0.2) is 0 Å². The zero-order valence-electron chi connectivity index (χ0n) is 13.0. The lowest BCUT2D eigenvalue weighted by Crippen LogP contribution is -2.20. The smallest absolute Gasteiger partial charge is 0.305 e. The summed E-state index contributed by atoms with van der Waals surface area (Å²) in [6.45, 7) is 11.6. The Hall–Kier alpha value is -0.530. The summed E-state index contributed by atoms with van der Waals surface area (Å²) in [4.78, 5) is 11.6. The Morgan fingerprint density at radius 3 is 2.11 bits per heavy atom. The highest BCUT2D eigenvalue weighted by atomic mass is 16.5. The Balaban J connectivity index is 3.98. The Bertz CT molecular complexity index is 211. The van der Waals surface area contributed by atoms with Crippen LogP contribution in [-0.2, 0) is 9.53 Å². The zero-order valence-corrected chi connectivity index (χ0v) is 13.0. The molecule has 108 valence electrons. The summed E-state index contributed by atoms with van der Waals surface area (Å²) in [6.07, 6.45) is 6.28. The monoisotopic (exact) mass is 256 g/mol. The average Bonchev–Trinajstić information content (AvgIpc) is 2.32. The molecule has 0 aliphatic rings. The Labute approximate surface area is 113 Å². The fourth-order valence-corrected chi connectivity index (χ4v) is 2.27. The molecule has 2 nitrogen and oxygen atoms in total. The van der Waals surface area contributed by atoms with Crippen LogP contribution in [0.25, 0.3) is 0 Å². The van der Waals surface area contributed by atoms with Gasteiger partial charge >= 0.3 is 5.97 Å². The van der Waals surface area contributed by atoms with Crippen molar-refractivity contribution in [2.24, 2.45) is 17.8 Å². The van der Waals surface area contributed by atoms with Crippen molar-refractivity contribution < 1.29 is 9.53 Å². The van der Waals surface area contributed by atoms with Crippen LogP contribution >= 0.6 is 0 Å². The van der Waals surface area contributed by atoms with E-state index in [0.29, 0.717) is 30.8 Å². The van der Waals surface area contributed by atoms with Crippen LogP contribution < -0.4 is 0 Å². The van der Waals surface area contributed by atoms with Gasteiger partial charge in [0.2, 0.25) is 0 Å². The molecule has 2 atom stereocenters.